The highest BCUT2D eigenvalue weighted by molar-refractivity contribution is 7.89. The third kappa shape index (κ3) is 4.28. The maximum Gasteiger partial charge on any atom is 0.244 e. The van der Waals surface area contributed by atoms with E-state index in [0.29, 0.717) is 30.4 Å². The van der Waals surface area contributed by atoms with Gasteiger partial charge in [-0.2, -0.15) is 4.31 Å². The topological polar surface area (TPSA) is 49.4 Å². The quantitative estimate of drug-likeness (QED) is 0.761. The van der Waals surface area contributed by atoms with E-state index in [0.717, 1.165) is 17.8 Å². The molecule has 1 heterocycles. The number of thiophene rings is 1. The molecule has 0 amide bonds. The normalized spacial score (nSPS) is 13.8. The fraction of sp³-hybridized carbons (Fsp3) is 0.714. The van der Waals surface area contributed by atoms with E-state index in [1.807, 2.05) is 19.2 Å². The van der Waals surface area contributed by atoms with Gasteiger partial charge < -0.3 is 5.32 Å². The first kappa shape index (κ1) is 17.6. The molecule has 0 aliphatic rings. The number of sulfonamides is 1. The zero-order valence-electron chi connectivity index (χ0n) is 12.8. The van der Waals surface area contributed by atoms with E-state index >= 15 is 0 Å². The van der Waals surface area contributed by atoms with E-state index in [9.17, 15) is 8.42 Å². The van der Waals surface area contributed by atoms with Crippen molar-refractivity contribution in [3.8, 4) is 0 Å². The minimum absolute atomic E-state index is 0.376. The molecule has 0 bridgehead atoms. The van der Waals surface area contributed by atoms with Crippen LogP contribution in [-0.2, 0) is 16.6 Å². The number of rotatable bonds is 9. The Hall–Kier alpha value is -0.430. The predicted octanol–water partition coefficient (Wildman–Crippen LogP) is 2.91. The zero-order chi connectivity index (χ0) is 15.2. The van der Waals surface area contributed by atoms with Crippen molar-refractivity contribution in [2.75, 3.05) is 19.6 Å². The summed E-state index contributed by atoms with van der Waals surface area (Å²) >= 11 is 1.50. The summed E-state index contributed by atoms with van der Waals surface area (Å²) in [5, 5.41) is 5.06. The zero-order valence-corrected chi connectivity index (χ0v) is 14.5. The van der Waals surface area contributed by atoms with Crippen molar-refractivity contribution in [2.24, 2.45) is 5.92 Å². The van der Waals surface area contributed by atoms with Crippen LogP contribution in [0.4, 0.5) is 0 Å². The summed E-state index contributed by atoms with van der Waals surface area (Å²) in [6.45, 7) is 10.7. The van der Waals surface area contributed by atoms with Gasteiger partial charge >= 0.3 is 0 Å². The summed E-state index contributed by atoms with van der Waals surface area (Å²) in [5.41, 5.74) is 0. The molecule has 0 saturated carbocycles. The molecule has 1 unspecified atom stereocenters. The van der Waals surface area contributed by atoms with Crippen molar-refractivity contribution in [3.05, 3.63) is 16.3 Å². The molecule has 0 radical (unpaired) electrons. The van der Waals surface area contributed by atoms with Gasteiger partial charge in [0, 0.05) is 24.5 Å². The maximum atomic E-state index is 12.8. The second-order valence-corrected chi connectivity index (χ2v) is 7.86. The van der Waals surface area contributed by atoms with Crippen LogP contribution in [0, 0.1) is 5.92 Å². The van der Waals surface area contributed by atoms with Gasteiger partial charge in [-0.15, -0.1) is 11.3 Å². The molecule has 1 aromatic rings. The largest absolute Gasteiger partial charge is 0.312 e. The van der Waals surface area contributed by atoms with Gasteiger partial charge in [0.05, 0.1) is 4.90 Å². The number of hydrogen-bond donors (Lipinski definition) is 1. The molecule has 4 nitrogen and oxygen atoms in total. The first-order valence-electron chi connectivity index (χ1n) is 7.24. The van der Waals surface area contributed by atoms with Crippen LogP contribution in [0.3, 0.4) is 0 Å². The third-order valence-electron chi connectivity index (χ3n) is 3.42. The lowest BCUT2D eigenvalue weighted by molar-refractivity contribution is 0.361. The van der Waals surface area contributed by atoms with E-state index in [1.54, 1.807) is 10.4 Å². The van der Waals surface area contributed by atoms with Gasteiger partial charge in [0.1, 0.15) is 0 Å². The molecular formula is C14H26N2O2S2. The molecule has 0 aliphatic carbocycles. The lowest BCUT2D eigenvalue weighted by Gasteiger charge is -2.23. The lowest BCUT2D eigenvalue weighted by Crippen LogP contribution is -2.35. The Morgan fingerprint density at radius 3 is 2.60 bits per heavy atom. The van der Waals surface area contributed by atoms with Gasteiger partial charge in [-0.05, 0) is 23.9 Å². The molecule has 0 fully saturated rings. The number of nitrogens with zero attached hydrogens (tertiary/aromatic N) is 1. The van der Waals surface area contributed by atoms with E-state index in [2.05, 4.69) is 19.2 Å². The highest BCUT2D eigenvalue weighted by Crippen LogP contribution is 2.26. The highest BCUT2D eigenvalue weighted by atomic mass is 32.2. The average Bonchev–Trinajstić information content (AvgIpc) is 2.90. The van der Waals surface area contributed by atoms with E-state index in [1.165, 1.54) is 11.3 Å². The van der Waals surface area contributed by atoms with Crippen LogP contribution in [0.2, 0.25) is 0 Å². The highest BCUT2D eigenvalue weighted by Gasteiger charge is 2.27. The van der Waals surface area contributed by atoms with Crippen molar-refractivity contribution in [1.29, 1.82) is 0 Å². The van der Waals surface area contributed by atoms with Crippen LogP contribution in [0.15, 0.2) is 16.3 Å². The predicted molar refractivity (Wildman–Crippen MR) is 85.6 cm³/mol. The molecule has 1 N–H and O–H groups in total. The first-order valence-corrected chi connectivity index (χ1v) is 9.56. The summed E-state index contributed by atoms with van der Waals surface area (Å²) in [6, 6.07) is 1.73. The molecule has 0 aliphatic heterocycles. The van der Waals surface area contributed by atoms with Crippen molar-refractivity contribution >= 4 is 21.4 Å². The molecule has 1 aromatic heterocycles. The Bertz CT molecular complexity index is 497. The molecular weight excluding hydrogens is 292 g/mol. The van der Waals surface area contributed by atoms with Crippen molar-refractivity contribution in [3.63, 3.8) is 0 Å². The molecule has 1 atom stereocenters. The molecule has 1 rings (SSSR count). The Balaban J connectivity index is 2.99. The van der Waals surface area contributed by atoms with Crippen molar-refractivity contribution in [1.82, 2.24) is 9.62 Å². The Morgan fingerprint density at radius 1 is 1.35 bits per heavy atom. The molecule has 0 aromatic carbocycles. The summed E-state index contributed by atoms with van der Waals surface area (Å²) in [7, 11) is -3.37. The van der Waals surface area contributed by atoms with Gasteiger partial charge in [-0.25, -0.2) is 8.42 Å². The summed E-state index contributed by atoms with van der Waals surface area (Å²) in [4.78, 5) is 1.36. The van der Waals surface area contributed by atoms with Crippen LogP contribution in [0.1, 0.15) is 39.0 Å². The second-order valence-electron chi connectivity index (χ2n) is 4.96. The molecule has 0 spiro atoms. The van der Waals surface area contributed by atoms with E-state index in [-0.39, 0.29) is 0 Å². The molecule has 6 heteroatoms. The average molecular weight is 319 g/mol. The first-order chi connectivity index (χ1) is 9.47. The van der Waals surface area contributed by atoms with Crippen LogP contribution in [0.5, 0.6) is 0 Å². The standard InChI is InChI=1S/C14H26N2O2S2/c1-5-12(4)11-16(7-3)20(17,18)14-8-9-19-13(14)10-15-6-2/h8-9,12,15H,5-7,10-11H2,1-4H3. The van der Waals surface area contributed by atoms with Crippen LogP contribution in [-0.4, -0.2) is 32.4 Å². The van der Waals surface area contributed by atoms with E-state index in [4.69, 9.17) is 0 Å². The van der Waals surface area contributed by atoms with Crippen molar-refractivity contribution in [2.45, 2.75) is 45.6 Å². The second kappa shape index (κ2) is 8.12. The molecule has 20 heavy (non-hydrogen) atoms. The summed E-state index contributed by atoms with van der Waals surface area (Å²) < 4.78 is 27.1. The monoisotopic (exact) mass is 318 g/mol. The molecule has 0 saturated heterocycles. The van der Waals surface area contributed by atoms with Gasteiger partial charge in [0.15, 0.2) is 0 Å². The summed E-state index contributed by atoms with van der Waals surface area (Å²) in [6.07, 6.45) is 0.986. The van der Waals surface area contributed by atoms with Gasteiger partial charge in [0.25, 0.3) is 0 Å². The Labute approximate surface area is 127 Å². The van der Waals surface area contributed by atoms with Crippen LogP contribution < -0.4 is 5.32 Å². The summed E-state index contributed by atoms with van der Waals surface area (Å²) in [5.74, 6) is 0.376. The van der Waals surface area contributed by atoms with Crippen LogP contribution >= 0.6 is 11.3 Å². The SMILES string of the molecule is CCNCc1sccc1S(=O)(=O)N(CC)CC(C)CC. The smallest absolute Gasteiger partial charge is 0.244 e. The molecule has 116 valence electrons. The van der Waals surface area contributed by atoms with Gasteiger partial charge in [-0.3, -0.25) is 0 Å². The van der Waals surface area contributed by atoms with Gasteiger partial charge in [-0.1, -0.05) is 34.1 Å². The maximum absolute atomic E-state index is 12.8. The van der Waals surface area contributed by atoms with E-state index < -0.39 is 10.0 Å². The minimum Gasteiger partial charge on any atom is -0.312 e. The van der Waals surface area contributed by atoms with Gasteiger partial charge in [0.2, 0.25) is 10.0 Å². The Kier molecular flexibility index (Phi) is 7.15. The number of nitrogens with one attached hydrogen (secondary N) is 1. The van der Waals surface area contributed by atoms with Crippen molar-refractivity contribution < 1.29 is 8.42 Å². The lowest BCUT2D eigenvalue weighted by atomic mass is 10.1. The van der Waals surface area contributed by atoms with Crippen LogP contribution in [0.25, 0.3) is 0 Å². The third-order valence-corrected chi connectivity index (χ3v) is 6.50. The fourth-order valence-electron chi connectivity index (χ4n) is 1.94. The Morgan fingerprint density at radius 2 is 2.05 bits per heavy atom. The fourth-order valence-corrected chi connectivity index (χ4v) is 4.89. The number of hydrogen-bond acceptors (Lipinski definition) is 4. The minimum atomic E-state index is -3.37.